The average Bonchev–Trinajstić information content (AvgIpc) is 3.17. The highest BCUT2D eigenvalue weighted by Gasteiger charge is 2.23. The maximum Gasteiger partial charge on any atom is 0.145 e. The van der Waals surface area contributed by atoms with Crippen molar-refractivity contribution in [2.24, 2.45) is 5.16 Å². The molecular formula is C14H17NO2. The van der Waals surface area contributed by atoms with Crippen molar-refractivity contribution >= 4 is 5.71 Å². The SMILES string of the molecule is c1ccc2c(c1)CCCC/C2=N\OCC1CO1. The molecule has 1 aromatic carbocycles. The van der Waals surface area contributed by atoms with Crippen molar-refractivity contribution in [2.75, 3.05) is 13.2 Å². The maximum absolute atomic E-state index is 5.37. The van der Waals surface area contributed by atoms with Gasteiger partial charge in [-0.15, -0.1) is 0 Å². The normalized spacial score (nSPS) is 25.2. The Hall–Kier alpha value is -1.35. The Balaban J connectivity index is 1.77. The van der Waals surface area contributed by atoms with E-state index in [0.29, 0.717) is 6.61 Å². The highest BCUT2D eigenvalue weighted by molar-refractivity contribution is 6.01. The lowest BCUT2D eigenvalue weighted by atomic mass is 10.0. The van der Waals surface area contributed by atoms with Crippen LogP contribution in [0.5, 0.6) is 0 Å². The smallest absolute Gasteiger partial charge is 0.145 e. The van der Waals surface area contributed by atoms with Gasteiger partial charge in [0.1, 0.15) is 12.7 Å². The van der Waals surface area contributed by atoms with Gasteiger partial charge in [-0.2, -0.15) is 0 Å². The molecule has 1 fully saturated rings. The van der Waals surface area contributed by atoms with Crippen LogP contribution in [0.3, 0.4) is 0 Å². The third-order valence-electron chi connectivity index (χ3n) is 3.28. The van der Waals surface area contributed by atoms with E-state index in [1.54, 1.807) is 0 Å². The standard InChI is InChI=1S/C14H17NO2/c1-3-7-13-11(5-1)6-2-4-8-14(13)15-17-10-12-9-16-12/h1,3,5,7,12H,2,4,6,8-10H2/b15-14+. The van der Waals surface area contributed by atoms with Crippen molar-refractivity contribution in [2.45, 2.75) is 31.8 Å². The number of epoxide rings is 1. The number of oxime groups is 1. The Bertz CT molecular complexity index is 424. The fraction of sp³-hybridized carbons (Fsp3) is 0.500. The molecular weight excluding hydrogens is 214 g/mol. The molecule has 0 amide bonds. The van der Waals surface area contributed by atoms with Gasteiger partial charge in [-0.3, -0.25) is 0 Å². The molecule has 3 rings (SSSR count). The second kappa shape index (κ2) is 4.88. The summed E-state index contributed by atoms with van der Waals surface area (Å²) in [5.74, 6) is 0. The second-order valence-corrected chi connectivity index (χ2v) is 4.65. The monoisotopic (exact) mass is 231 g/mol. The van der Waals surface area contributed by atoms with Crippen LogP contribution in [0.15, 0.2) is 29.4 Å². The van der Waals surface area contributed by atoms with E-state index >= 15 is 0 Å². The van der Waals surface area contributed by atoms with Gasteiger partial charge in [0.05, 0.1) is 12.3 Å². The van der Waals surface area contributed by atoms with Crippen molar-refractivity contribution in [1.29, 1.82) is 0 Å². The fourth-order valence-corrected chi connectivity index (χ4v) is 2.22. The van der Waals surface area contributed by atoms with E-state index in [1.807, 2.05) is 0 Å². The molecule has 1 saturated heterocycles. The molecule has 1 aliphatic carbocycles. The summed E-state index contributed by atoms with van der Waals surface area (Å²) < 4.78 is 5.10. The lowest BCUT2D eigenvalue weighted by Gasteiger charge is -2.07. The van der Waals surface area contributed by atoms with Gasteiger partial charge in [0, 0.05) is 5.56 Å². The number of rotatable bonds is 3. The fourth-order valence-electron chi connectivity index (χ4n) is 2.22. The number of fused-ring (bicyclic) bond motifs is 1. The first kappa shape index (κ1) is 10.8. The summed E-state index contributed by atoms with van der Waals surface area (Å²) >= 11 is 0. The van der Waals surface area contributed by atoms with E-state index in [9.17, 15) is 0 Å². The van der Waals surface area contributed by atoms with Crippen LogP contribution in [-0.2, 0) is 16.0 Å². The summed E-state index contributed by atoms with van der Waals surface area (Å²) in [7, 11) is 0. The van der Waals surface area contributed by atoms with Gasteiger partial charge < -0.3 is 9.57 Å². The van der Waals surface area contributed by atoms with Gasteiger partial charge in [0.25, 0.3) is 0 Å². The van der Waals surface area contributed by atoms with E-state index in [4.69, 9.17) is 9.57 Å². The number of nitrogens with zero attached hydrogens (tertiary/aromatic N) is 1. The van der Waals surface area contributed by atoms with Crippen LogP contribution >= 0.6 is 0 Å². The molecule has 0 spiro atoms. The molecule has 0 N–H and O–H groups in total. The van der Waals surface area contributed by atoms with Crippen molar-refractivity contribution < 1.29 is 9.57 Å². The molecule has 0 saturated carbocycles. The minimum Gasteiger partial charge on any atom is -0.393 e. The first-order valence-corrected chi connectivity index (χ1v) is 6.32. The van der Waals surface area contributed by atoms with Crippen molar-refractivity contribution in [3.63, 3.8) is 0 Å². The van der Waals surface area contributed by atoms with E-state index in [0.717, 1.165) is 25.2 Å². The molecule has 2 aliphatic rings. The van der Waals surface area contributed by atoms with Crippen LogP contribution in [0, 0.1) is 0 Å². The van der Waals surface area contributed by atoms with Crippen molar-refractivity contribution in [1.82, 2.24) is 0 Å². The Morgan fingerprint density at radius 3 is 2.94 bits per heavy atom. The predicted molar refractivity (Wildman–Crippen MR) is 66.2 cm³/mol. The van der Waals surface area contributed by atoms with Gasteiger partial charge in [-0.05, 0) is 31.2 Å². The van der Waals surface area contributed by atoms with E-state index in [1.165, 1.54) is 24.0 Å². The lowest BCUT2D eigenvalue weighted by molar-refractivity contribution is 0.124. The summed E-state index contributed by atoms with van der Waals surface area (Å²) in [6, 6.07) is 8.51. The molecule has 17 heavy (non-hydrogen) atoms. The molecule has 90 valence electrons. The number of benzene rings is 1. The summed E-state index contributed by atoms with van der Waals surface area (Å²) in [6.07, 6.45) is 4.88. The summed E-state index contributed by atoms with van der Waals surface area (Å²) in [5, 5.41) is 4.30. The van der Waals surface area contributed by atoms with Gasteiger partial charge in [0.15, 0.2) is 0 Å². The minimum absolute atomic E-state index is 0.278. The van der Waals surface area contributed by atoms with Crippen molar-refractivity contribution in [3.05, 3.63) is 35.4 Å². The van der Waals surface area contributed by atoms with Crippen LogP contribution in [0.4, 0.5) is 0 Å². The molecule has 0 bridgehead atoms. The zero-order chi connectivity index (χ0) is 11.5. The number of hydrogen-bond acceptors (Lipinski definition) is 3. The largest absolute Gasteiger partial charge is 0.393 e. The predicted octanol–water partition coefficient (Wildman–Crippen LogP) is 2.53. The number of aryl methyl sites for hydroxylation is 1. The molecule has 0 radical (unpaired) electrons. The third kappa shape index (κ3) is 2.67. The Morgan fingerprint density at radius 2 is 2.06 bits per heavy atom. The summed E-state index contributed by atoms with van der Waals surface area (Å²) in [6.45, 7) is 1.41. The zero-order valence-electron chi connectivity index (χ0n) is 9.89. The van der Waals surface area contributed by atoms with Gasteiger partial charge in [-0.25, -0.2) is 0 Å². The average molecular weight is 231 g/mol. The van der Waals surface area contributed by atoms with Crippen LogP contribution in [0.2, 0.25) is 0 Å². The van der Waals surface area contributed by atoms with Crippen LogP contribution < -0.4 is 0 Å². The quantitative estimate of drug-likeness (QED) is 0.455. The molecule has 1 aliphatic heterocycles. The van der Waals surface area contributed by atoms with Crippen LogP contribution in [0.1, 0.15) is 30.4 Å². The topological polar surface area (TPSA) is 34.1 Å². The lowest BCUT2D eigenvalue weighted by Crippen LogP contribution is -2.05. The highest BCUT2D eigenvalue weighted by atomic mass is 16.7. The van der Waals surface area contributed by atoms with Gasteiger partial charge in [-0.1, -0.05) is 29.4 Å². The van der Waals surface area contributed by atoms with Crippen LogP contribution in [0.25, 0.3) is 0 Å². The molecule has 3 heteroatoms. The van der Waals surface area contributed by atoms with E-state index in [-0.39, 0.29) is 6.10 Å². The summed E-state index contributed by atoms with van der Waals surface area (Å²) in [4.78, 5) is 5.37. The molecule has 1 atom stereocenters. The van der Waals surface area contributed by atoms with Gasteiger partial charge in [0.2, 0.25) is 0 Å². The minimum atomic E-state index is 0.278. The highest BCUT2D eigenvalue weighted by Crippen LogP contribution is 2.21. The first-order chi connectivity index (χ1) is 8.43. The van der Waals surface area contributed by atoms with E-state index < -0.39 is 0 Å². The third-order valence-corrected chi connectivity index (χ3v) is 3.28. The zero-order valence-corrected chi connectivity index (χ0v) is 9.89. The van der Waals surface area contributed by atoms with Crippen LogP contribution in [-0.4, -0.2) is 25.0 Å². The first-order valence-electron chi connectivity index (χ1n) is 6.32. The molecule has 1 heterocycles. The second-order valence-electron chi connectivity index (χ2n) is 4.65. The van der Waals surface area contributed by atoms with E-state index in [2.05, 4.69) is 29.4 Å². The molecule has 1 aromatic rings. The maximum atomic E-state index is 5.37. The Labute approximate surface area is 101 Å². The Morgan fingerprint density at radius 1 is 1.24 bits per heavy atom. The summed E-state index contributed by atoms with van der Waals surface area (Å²) in [5.41, 5.74) is 3.76. The molecule has 3 nitrogen and oxygen atoms in total. The Kier molecular flexibility index (Phi) is 3.10. The molecule has 0 aromatic heterocycles. The number of hydrogen-bond donors (Lipinski definition) is 0. The number of ether oxygens (including phenoxy) is 1. The van der Waals surface area contributed by atoms with Crippen molar-refractivity contribution in [3.8, 4) is 0 Å². The van der Waals surface area contributed by atoms with Gasteiger partial charge >= 0.3 is 0 Å². The molecule has 1 unspecified atom stereocenters.